The van der Waals surface area contributed by atoms with Gasteiger partial charge >= 0.3 is 0 Å². The fourth-order valence-corrected chi connectivity index (χ4v) is 3.07. The molecule has 0 radical (unpaired) electrons. The summed E-state index contributed by atoms with van der Waals surface area (Å²) in [5.74, 6) is 0.716. The van der Waals surface area contributed by atoms with Gasteiger partial charge in [-0.05, 0) is 24.6 Å². The van der Waals surface area contributed by atoms with Gasteiger partial charge in [0.1, 0.15) is 5.84 Å². The Balaban J connectivity index is 1.76. The van der Waals surface area contributed by atoms with E-state index in [1.54, 1.807) is 12.1 Å². The van der Waals surface area contributed by atoms with E-state index in [9.17, 15) is 9.59 Å². The van der Waals surface area contributed by atoms with Gasteiger partial charge in [-0.3, -0.25) is 25.4 Å². The van der Waals surface area contributed by atoms with Crippen molar-refractivity contribution < 1.29 is 23.8 Å². The lowest BCUT2D eigenvalue weighted by Crippen LogP contribution is -2.42. The second-order valence-corrected chi connectivity index (χ2v) is 6.38. The smallest absolute Gasteiger partial charge is 0.270 e. The van der Waals surface area contributed by atoms with Crippen molar-refractivity contribution >= 4 is 17.6 Å². The van der Waals surface area contributed by atoms with Crippen molar-refractivity contribution in [3.8, 4) is 17.2 Å². The van der Waals surface area contributed by atoms with Gasteiger partial charge in [0.2, 0.25) is 5.75 Å². The van der Waals surface area contributed by atoms with Gasteiger partial charge in [0.25, 0.3) is 11.8 Å². The summed E-state index contributed by atoms with van der Waals surface area (Å²) in [7, 11) is 4.39. The highest BCUT2D eigenvalue weighted by atomic mass is 16.5. The number of amides is 2. The highest BCUT2D eigenvalue weighted by molar-refractivity contribution is 6.10. The number of hydrogen-bond donors (Lipinski definition) is 3. The lowest BCUT2D eigenvalue weighted by Gasteiger charge is -2.17. The molecule has 0 aliphatic carbocycles. The molecule has 1 aliphatic rings. The second kappa shape index (κ2) is 9.64. The van der Waals surface area contributed by atoms with Crippen LogP contribution < -0.4 is 30.4 Å². The van der Waals surface area contributed by atoms with Gasteiger partial charge < -0.3 is 19.5 Å². The van der Waals surface area contributed by atoms with Crippen LogP contribution in [0.25, 0.3) is 0 Å². The number of benzene rings is 2. The summed E-state index contributed by atoms with van der Waals surface area (Å²) in [5, 5.41) is 3.20. The molecule has 2 amide bonds. The van der Waals surface area contributed by atoms with Gasteiger partial charge in [0, 0.05) is 24.2 Å². The molecule has 1 heterocycles. The Labute approximate surface area is 174 Å². The highest BCUT2D eigenvalue weighted by Crippen LogP contribution is 2.38. The molecule has 30 heavy (non-hydrogen) atoms. The number of hydrogen-bond acceptors (Lipinski definition) is 7. The number of ether oxygens (including phenoxy) is 3. The van der Waals surface area contributed by atoms with Crippen molar-refractivity contribution in [2.45, 2.75) is 6.42 Å². The summed E-state index contributed by atoms with van der Waals surface area (Å²) in [6.45, 7) is 1.50. The van der Waals surface area contributed by atoms with Crippen molar-refractivity contribution in [1.82, 2.24) is 16.2 Å². The average molecular weight is 412 g/mol. The molecule has 9 nitrogen and oxygen atoms in total. The van der Waals surface area contributed by atoms with Gasteiger partial charge in [-0.2, -0.15) is 0 Å². The first-order valence-corrected chi connectivity index (χ1v) is 9.37. The van der Waals surface area contributed by atoms with E-state index >= 15 is 0 Å². The van der Waals surface area contributed by atoms with Crippen LogP contribution in [0.1, 0.15) is 32.7 Å². The maximum Gasteiger partial charge on any atom is 0.270 e. The van der Waals surface area contributed by atoms with E-state index in [4.69, 9.17) is 14.2 Å². The standard InChI is InChI=1S/C21H24N4O5/c1-28-16-11-13(12-17(29-2)18(16)30-3)20(26)24-25-21(27)15-8-5-4-7-14(15)19-22-9-6-10-23-19/h4-5,7-8,11-12H,6,9-10H2,1-3H3,(H,22,23)(H,24,26)(H,25,27). The first kappa shape index (κ1) is 21.0. The minimum Gasteiger partial charge on any atom is -0.493 e. The second-order valence-electron chi connectivity index (χ2n) is 6.38. The van der Waals surface area contributed by atoms with Crippen LogP contribution in [0.15, 0.2) is 41.4 Å². The highest BCUT2D eigenvalue weighted by Gasteiger charge is 2.19. The molecule has 0 bridgehead atoms. The van der Waals surface area contributed by atoms with Crippen LogP contribution in [0.4, 0.5) is 0 Å². The van der Waals surface area contributed by atoms with Crippen molar-refractivity contribution in [2.24, 2.45) is 4.99 Å². The molecule has 2 aromatic rings. The predicted molar refractivity (Wildman–Crippen MR) is 111 cm³/mol. The van der Waals surface area contributed by atoms with Crippen molar-refractivity contribution in [2.75, 3.05) is 34.4 Å². The zero-order valence-corrected chi connectivity index (χ0v) is 17.1. The molecule has 158 valence electrons. The first-order valence-electron chi connectivity index (χ1n) is 9.37. The quantitative estimate of drug-likeness (QED) is 0.621. The number of carbonyl (C=O) groups excluding carboxylic acids is 2. The molecule has 0 aromatic heterocycles. The van der Waals surface area contributed by atoms with Crippen molar-refractivity contribution in [3.63, 3.8) is 0 Å². The van der Waals surface area contributed by atoms with E-state index in [0.717, 1.165) is 13.0 Å². The molecular formula is C21H24N4O5. The van der Waals surface area contributed by atoms with Crippen LogP contribution in [-0.2, 0) is 0 Å². The Morgan fingerprint density at radius 3 is 2.23 bits per heavy atom. The van der Waals surface area contributed by atoms with Crippen LogP contribution >= 0.6 is 0 Å². The summed E-state index contributed by atoms with van der Waals surface area (Å²) >= 11 is 0. The van der Waals surface area contributed by atoms with Gasteiger partial charge in [0.15, 0.2) is 11.5 Å². The number of methoxy groups -OCH3 is 3. The maximum absolute atomic E-state index is 12.7. The van der Waals surface area contributed by atoms with E-state index in [1.165, 1.54) is 33.5 Å². The molecule has 2 aromatic carbocycles. The average Bonchev–Trinajstić information content (AvgIpc) is 2.81. The van der Waals surface area contributed by atoms with E-state index in [-0.39, 0.29) is 5.56 Å². The lowest BCUT2D eigenvalue weighted by molar-refractivity contribution is 0.0846. The van der Waals surface area contributed by atoms with Crippen LogP contribution in [0, 0.1) is 0 Å². The van der Waals surface area contributed by atoms with Gasteiger partial charge in [-0.1, -0.05) is 18.2 Å². The molecule has 9 heteroatoms. The van der Waals surface area contributed by atoms with Crippen LogP contribution in [0.2, 0.25) is 0 Å². The maximum atomic E-state index is 12.7. The Morgan fingerprint density at radius 2 is 1.63 bits per heavy atom. The number of nitrogens with one attached hydrogen (secondary N) is 3. The van der Waals surface area contributed by atoms with Crippen LogP contribution in [0.5, 0.6) is 17.2 Å². The fourth-order valence-electron chi connectivity index (χ4n) is 3.07. The third-order valence-corrected chi connectivity index (χ3v) is 4.54. The predicted octanol–water partition coefficient (Wildman–Crippen LogP) is 1.53. The van der Waals surface area contributed by atoms with E-state index in [1.807, 2.05) is 12.1 Å². The molecule has 3 N–H and O–H groups in total. The molecular weight excluding hydrogens is 388 g/mol. The minimum absolute atomic E-state index is 0.233. The Morgan fingerprint density at radius 1 is 0.967 bits per heavy atom. The molecule has 0 saturated heterocycles. The van der Waals surface area contributed by atoms with E-state index < -0.39 is 11.8 Å². The van der Waals surface area contributed by atoms with Gasteiger partial charge in [-0.25, -0.2) is 0 Å². The monoisotopic (exact) mass is 412 g/mol. The van der Waals surface area contributed by atoms with Crippen molar-refractivity contribution in [3.05, 3.63) is 53.1 Å². The summed E-state index contributed by atoms with van der Waals surface area (Å²) in [4.78, 5) is 29.7. The first-order chi connectivity index (χ1) is 14.6. The SMILES string of the molecule is COc1cc(C(=O)NNC(=O)c2ccccc2C2=NCCCN2)cc(OC)c1OC. The van der Waals surface area contributed by atoms with Gasteiger partial charge in [0.05, 0.1) is 26.9 Å². The molecule has 0 fully saturated rings. The Bertz CT molecular complexity index is 949. The molecule has 1 aliphatic heterocycles. The van der Waals surface area contributed by atoms with E-state index in [0.29, 0.717) is 40.8 Å². The Hall–Kier alpha value is -3.75. The molecule has 3 rings (SSSR count). The third kappa shape index (κ3) is 4.45. The van der Waals surface area contributed by atoms with Crippen LogP contribution in [-0.4, -0.2) is 52.1 Å². The Kier molecular flexibility index (Phi) is 6.74. The topological polar surface area (TPSA) is 110 Å². The number of amidine groups is 1. The molecule has 0 unspecified atom stereocenters. The number of rotatable bonds is 6. The number of carbonyl (C=O) groups is 2. The van der Waals surface area contributed by atoms with Gasteiger partial charge in [-0.15, -0.1) is 0 Å². The molecule has 0 saturated carbocycles. The summed E-state index contributed by atoms with van der Waals surface area (Å²) in [5.41, 5.74) is 6.17. The summed E-state index contributed by atoms with van der Waals surface area (Å²) in [6, 6.07) is 10.1. The largest absolute Gasteiger partial charge is 0.493 e. The normalized spacial score (nSPS) is 12.8. The minimum atomic E-state index is -0.534. The van der Waals surface area contributed by atoms with Crippen LogP contribution in [0.3, 0.4) is 0 Å². The molecule has 0 atom stereocenters. The molecule has 0 spiro atoms. The summed E-state index contributed by atoms with van der Waals surface area (Å²) in [6.07, 6.45) is 0.947. The number of nitrogens with zero attached hydrogens (tertiary/aromatic N) is 1. The third-order valence-electron chi connectivity index (χ3n) is 4.54. The number of aliphatic imine (C=N–C) groups is 1. The lowest BCUT2D eigenvalue weighted by atomic mass is 10.1. The zero-order valence-electron chi connectivity index (χ0n) is 17.1. The van der Waals surface area contributed by atoms with Crippen molar-refractivity contribution in [1.29, 1.82) is 0 Å². The number of hydrazine groups is 1. The fraction of sp³-hybridized carbons (Fsp3) is 0.286. The van der Waals surface area contributed by atoms with E-state index in [2.05, 4.69) is 21.2 Å². The zero-order chi connectivity index (χ0) is 21.5. The summed E-state index contributed by atoms with van der Waals surface area (Å²) < 4.78 is 15.8.